The number of aromatic nitrogens is 1. The normalized spacial score (nSPS) is 23.8. The molecule has 0 radical (unpaired) electrons. The number of nitrogens with one attached hydrogen (secondary N) is 1. The summed E-state index contributed by atoms with van der Waals surface area (Å²) in [4.78, 5) is 36.5. The molecule has 3 aliphatic heterocycles. The highest BCUT2D eigenvalue weighted by atomic mass is 19.3. The van der Waals surface area contributed by atoms with Gasteiger partial charge >= 0.3 is 5.92 Å². The van der Waals surface area contributed by atoms with Crippen molar-refractivity contribution in [1.29, 1.82) is 0 Å². The molecule has 0 bridgehead atoms. The van der Waals surface area contributed by atoms with Gasteiger partial charge in [0.2, 0.25) is 11.8 Å². The van der Waals surface area contributed by atoms with Gasteiger partial charge < -0.3 is 19.9 Å². The second-order valence-electron chi connectivity index (χ2n) is 11.1. The molecule has 2 atom stereocenters. The summed E-state index contributed by atoms with van der Waals surface area (Å²) in [7, 11) is 0. The molecule has 4 heterocycles. The number of rotatable bonds is 5. The molecule has 204 valence electrons. The Hall–Kier alpha value is -2.95. The zero-order chi connectivity index (χ0) is 27.1. The number of morpholine rings is 1. The third-order valence-corrected chi connectivity index (χ3v) is 7.77. The lowest BCUT2D eigenvalue weighted by molar-refractivity contribution is -0.142. The first-order valence-electron chi connectivity index (χ1n) is 13.2. The summed E-state index contributed by atoms with van der Waals surface area (Å²) in [5, 5.41) is 3.36. The maximum Gasteiger partial charge on any atom is 0.314 e. The van der Waals surface area contributed by atoms with Crippen molar-refractivity contribution in [2.75, 3.05) is 57.4 Å². The van der Waals surface area contributed by atoms with Gasteiger partial charge in [-0.2, -0.15) is 8.78 Å². The van der Waals surface area contributed by atoms with E-state index in [1.807, 2.05) is 25.7 Å². The molecule has 2 fully saturated rings. The number of nitrogens with zero attached hydrogens (tertiary/aromatic N) is 4. The summed E-state index contributed by atoms with van der Waals surface area (Å²) in [5.74, 6) is -3.54. The molecule has 0 saturated carbocycles. The molecule has 3 aliphatic rings. The van der Waals surface area contributed by atoms with Crippen molar-refractivity contribution in [2.24, 2.45) is 0 Å². The van der Waals surface area contributed by atoms with E-state index in [-0.39, 0.29) is 30.0 Å². The van der Waals surface area contributed by atoms with E-state index in [1.165, 1.54) is 24.4 Å². The maximum atomic E-state index is 15.4. The van der Waals surface area contributed by atoms with Crippen molar-refractivity contribution in [1.82, 2.24) is 20.1 Å². The molecule has 2 amide bonds. The highest BCUT2D eigenvalue weighted by molar-refractivity contribution is 5.98. The lowest BCUT2D eigenvalue weighted by atomic mass is 9.88. The van der Waals surface area contributed by atoms with Gasteiger partial charge in [-0.1, -0.05) is 44.2 Å². The van der Waals surface area contributed by atoms with E-state index in [0.29, 0.717) is 51.6 Å². The second-order valence-corrected chi connectivity index (χ2v) is 11.1. The number of anilines is 1. The number of alkyl halides is 2. The number of fused-ring (bicyclic) bond motifs is 1. The van der Waals surface area contributed by atoms with Gasteiger partial charge in [0.25, 0.3) is 0 Å². The molecule has 0 spiro atoms. The minimum atomic E-state index is -3.30. The van der Waals surface area contributed by atoms with Crippen LogP contribution in [0.4, 0.5) is 14.5 Å². The zero-order valence-corrected chi connectivity index (χ0v) is 22.1. The number of hydrogen-bond acceptors (Lipinski definition) is 6. The van der Waals surface area contributed by atoms with Gasteiger partial charge in [-0.3, -0.25) is 19.5 Å². The fourth-order valence-corrected chi connectivity index (χ4v) is 5.60. The Morgan fingerprint density at radius 1 is 1.18 bits per heavy atom. The molecule has 1 N–H and O–H groups in total. The summed E-state index contributed by atoms with van der Waals surface area (Å²) in [6.07, 6.45) is 1.48. The monoisotopic (exact) mass is 527 g/mol. The Labute approximate surface area is 221 Å². The molecular weight excluding hydrogens is 492 g/mol. The van der Waals surface area contributed by atoms with Crippen molar-refractivity contribution in [3.63, 3.8) is 0 Å². The molecule has 2 saturated heterocycles. The number of carbonyl (C=O) groups excluding carboxylic acids is 2. The summed E-state index contributed by atoms with van der Waals surface area (Å²) in [6.45, 7) is 9.41. The molecule has 0 unspecified atom stereocenters. The van der Waals surface area contributed by atoms with E-state index in [2.05, 4.69) is 10.3 Å². The first-order chi connectivity index (χ1) is 18.1. The van der Waals surface area contributed by atoms with Crippen LogP contribution in [0.15, 0.2) is 42.6 Å². The standard InChI is InChI=1S/C28H35F2N5O3/c1-19-16-34(23(15-31-19)26(37)33-9-11-38-12-10-33)17-25(36)35-18-27(2,3)21-14-32-24(13-22(21)35)28(29,30)20-7-5-4-6-8-20/h4-8,13-14,19,23,31H,9-12,15-18H2,1-3H3/t19-,23-/m1/s1. The minimum absolute atomic E-state index is 0.0170. The highest BCUT2D eigenvalue weighted by Gasteiger charge is 2.43. The van der Waals surface area contributed by atoms with Gasteiger partial charge in [-0.15, -0.1) is 0 Å². The van der Waals surface area contributed by atoms with Crippen LogP contribution >= 0.6 is 0 Å². The van der Waals surface area contributed by atoms with E-state index in [0.717, 1.165) is 5.56 Å². The smallest absolute Gasteiger partial charge is 0.314 e. The number of halogens is 2. The Kier molecular flexibility index (Phi) is 7.23. The number of ether oxygens (including phenoxy) is 1. The molecule has 0 aliphatic carbocycles. The Bertz CT molecular complexity index is 1190. The highest BCUT2D eigenvalue weighted by Crippen LogP contribution is 2.43. The van der Waals surface area contributed by atoms with E-state index >= 15 is 8.78 Å². The molecule has 2 aromatic rings. The fourth-order valence-electron chi connectivity index (χ4n) is 5.60. The Morgan fingerprint density at radius 3 is 2.61 bits per heavy atom. The lowest BCUT2D eigenvalue weighted by Gasteiger charge is -2.41. The van der Waals surface area contributed by atoms with Crippen LogP contribution in [0.5, 0.6) is 0 Å². The number of benzene rings is 1. The third-order valence-electron chi connectivity index (χ3n) is 7.77. The van der Waals surface area contributed by atoms with Gasteiger partial charge in [0.15, 0.2) is 0 Å². The van der Waals surface area contributed by atoms with Crippen molar-refractivity contribution >= 4 is 17.5 Å². The number of amides is 2. The fraction of sp³-hybridized carbons (Fsp3) is 0.536. The van der Waals surface area contributed by atoms with Crippen molar-refractivity contribution < 1.29 is 23.1 Å². The summed E-state index contributed by atoms with van der Waals surface area (Å²) in [6, 6.07) is 8.56. The molecule has 10 heteroatoms. The number of carbonyl (C=O) groups is 2. The van der Waals surface area contributed by atoms with E-state index in [1.54, 1.807) is 28.0 Å². The number of piperazine rings is 1. The molecule has 1 aromatic heterocycles. The minimum Gasteiger partial charge on any atom is -0.378 e. The predicted molar refractivity (Wildman–Crippen MR) is 139 cm³/mol. The predicted octanol–water partition coefficient (Wildman–Crippen LogP) is 2.37. The van der Waals surface area contributed by atoms with Gasteiger partial charge in [0, 0.05) is 61.5 Å². The first kappa shape index (κ1) is 26.6. The average molecular weight is 528 g/mol. The quantitative estimate of drug-likeness (QED) is 0.644. The summed E-state index contributed by atoms with van der Waals surface area (Å²) < 4.78 is 36.1. The largest absolute Gasteiger partial charge is 0.378 e. The number of pyridine rings is 1. The zero-order valence-electron chi connectivity index (χ0n) is 22.1. The summed E-state index contributed by atoms with van der Waals surface area (Å²) >= 11 is 0. The van der Waals surface area contributed by atoms with Crippen molar-refractivity contribution in [3.8, 4) is 0 Å². The SMILES string of the molecule is C[C@@H]1CN(CC(=O)N2CC(C)(C)c3cnc(C(F)(F)c4ccccc4)cc32)[C@@H](C(=O)N2CCOCC2)CN1. The van der Waals surface area contributed by atoms with E-state index in [4.69, 9.17) is 4.74 Å². The summed E-state index contributed by atoms with van der Waals surface area (Å²) in [5.41, 5.74) is 0.224. The lowest BCUT2D eigenvalue weighted by Crippen LogP contribution is -2.63. The van der Waals surface area contributed by atoms with Crippen LogP contribution in [0.25, 0.3) is 0 Å². The van der Waals surface area contributed by atoms with Crippen LogP contribution in [0.3, 0.4) is 0 Å². The molecule has 5 rings (SSSR count). The number of hydrogen-bond donors (Lipinski definition) is 1. The van der Waals surface area contributed by atoms with Gasteiger partial charge in [0.05, 0.1) is 25.4 Å². The van der Waals surface area contributed by atoms with Gasteiger partial charge in [0.1, 0.15) is 11.7 Å². The molecular formula is C28H35F2N5O3. The van der Waals surface area contributed by atoms with Crippen LogP contribution in [0.2, 0.25) is 0 Å². The molecule has 1 aromatic carbocycles. The molecule has 38 heavy (non-hydrogen) atoms. The van der Waals surface area contributed by atoms with Crippen molar-refractivity contribution in [2.45, 2.75) is 44.2 Å². The van der Waals surface area contributed by atoms with Crippen molar-refractivity contribution in [3.05, 3.63) is 59.4 Å². The second kappa shape index (κ2) is 10.3. The molecule has 8 nitrogen and oxygen atoms in total. The van der Waals surface area contributed by atoms with Crippen LogP contribution in [-0.4, -0.2) is 91.2 Å². The Morgan fingerprint density at radius 2 is 1.89 bits per heavy atom. The average Bonchev–Trinajstić information content (AvgIpc) is 3.19. The van der Waals surface area contributed by atoms with Crippen LogP contribution < -0.4 is 10.2 Å². The van der Waals surface area contributed by atoms with Crippen LogP contribution in [-0.2, 0) is 25.7 Å². The maximum absolute atomic E-state index is 15.4. The first-order valence-corrected chi connectivity index (χ1v) is 13.2. The topological polar surface area (TPSA) is 78.0 Å². The van der Waals surface area contributed by atoms with Gasteiger partial charge in [-0.25, -0.2) is 0 Å². The van der Waals surface area contributed by atoms with E-state index in [9.17, 15) is 9.59 Å². The van der Waals surface area contributed by atoms with E-state index < -0.39 is 23.1 Å². The van der Waals surface area contributed by atoms with Gasteiger partial charge in [-0.05, 0) is 13.0 Å². The third kappa shape index (κ3) is 5.04. The Balaban J connectivity index is 1.40. The van der Waals surface area contributed by atoms with Crippen LogP contribution in [0, 0.1) is 0 Å². The van der Waals surface area contributed by atoms with Crippen LogP contribution in [0.1, 0.15) is 37.6 Å².